The summed E-state index contributed by atoms with van der Waals surface area (Å²) >= 11 is 0. The molecule has 2 aliphatic heterocycles. The van der Waals surface area contributed by atoms with Crippen molar-refractivity contribution in [1.29, 1.82) is 0 Å². The first-order valence-corrected chi connectivity index (χ1v) is 9.55. The van der Waals surface area contributed by atoms with Crippen molar-refractivity contribution in [3.63, 3.8) is 0 Å². The second-order valence-corrected chi connectivity index (χ2v) is 7.39. The highest BCUT2D eigenvalue weighted by molar-refractivity contribution is 5.85. The van der Waals surface area contributed by atoms with Gasteiger partial charge in [0, 0.05) is 56.9 Å². The predicted octanol–water partition coefficient (Wildman–Crippen LogP) is 2.49. The van der Waals surface area contributed by atoms with Crippen LogP contribution in [-0.4, -0.2) is 57.7 Å². The number of carbonyl (C=O) groups excluding carboxylic acids is 1. The van der Waals surface area contributed by atoms with Crippen molar-refractivity contribution in [2.45, 2.75) is 31.8 Å². The Hall–Kier alpha value is -1.60. The molecule has 2 atom stereocenters. The minimum atomic E-state index is 0. The van der Waals surface area contributed by atoms with E-state index in [1.165, 1.54) is 5.56 Å². The number of hydrogen-bond donors (Lipinski definition) is 1. The number of halogens is 2. The lowest BCUT2D eigenvalue weighted by atomic mass is 9.83. The summed E-state index contributed by atoms with van der Waals surface area (Å²) in [6.45, 7) is 4.24. The minimum Gasteiger partial charge on any atom is -0.338 e. The molecule has 1 amide bonds. The van der Waals surface area contributed by atoms with Crippen molar-refractivity contribution < 1.29 is 4.79 Å². The number of piperidine rings is 2. The van der Waals surface area contributed by atoms with E-state index < -0.39 is 0 Å². The summed E-state index contributed by atoms with van der Waals surface area (Å²) in [5, 5.41) is 4.50. The maximum atomic E-state index is 12.2. The number of likely N-dealkylation sites (tertiary alicyclic amines) is 2. The van der Waals surface area contributed by atoms with E-state index in [-0.39, 0.29) is 30.7 Å². The molecule has 0 bridgehead atoms. The van der Waals surface area contributed by atoms with E-state index in [2.05, 4.69) is 28.3 Å². The molecule has 28 heavy (non-hydrogen) atoms. The van der Waals surface area contributed by atoms with Gasteiger partial charge in [-0.05, 0) is 30.9 Å². The number of hydrogen-bond acceptors (Lipinski definition) is 4. The highest BCUT2D eigenvalue weighted by atomic mass is 35.5. The zero-order chi connectivity index (χ0) is 17.9. The van der Waals surface area contributed by atoms with E-state index in [4.69, 9.17) is 5.73 Å². The van der Waals surface area contributed by atoms with E-state index in [1.54, 1.807) is 0 Å². The van der Waals surface area contributed by atoms with Gasteiger partial charge in [0.1, 0.15) is 0 Å². The van der Waals surface area contributed by atoms with Gasteiger partial charge in [-0.3, -0.25) is 9.69 Å². The van der Waals surface area contributed by atoms with Crippen LogP contribution in [0.2, 0.25) is 0 Å². The molecular formula is C20H29Cl2N5O. The van der Waals surface area contributed by atoms with Crippen molar-refractivity contribution in [1.82, 2.24) is 19.6 Å². The van der Waals surface area contributed by atoms with E-state index in [1.807, 2.05) is 34.0 Å². The molecule has 2 aliphatic rings. The number of carbonyl (C=O) groups is 1. The molecule has 2 N–H and O–H groups in total. The van der Waals surface area contributed by atoms with Gasteiger partial charge in [0.2, 0.25) is 5.91 Å². The third-order valence-electron chi connectivity index (χ3n) is 5.66. The summed E-state index contributed by atoms with van der Waals surface area (Å²) in [6, 6.07) is 10.6. The molecule has 0 aliphatic carbocycles. The molecule has 1 aromatic carbocycles. The van der Waals surface area contributed by atoms with Crippen LogP contribution in [-0.2, 0) is 11.3 Å². The van der Waals surface area contributed by atoms with Crippen LogP contribution in [0.1, 0.15) is 24.8 Å². The fourth-order valence-corrected chi connectivity index (χ4v) is 4.42. The fraction of sp³-hybridized carbons (Fsp3) is 0.500. The molecule has 6 nitrogen and oxygen atoms in total. The lowest BCUT2D eigenvalue weighted by Crippen LogP contribution is -2.56. The third kappa shape index (κ3) is 4.87. The summed E-state index contributed by atoms with van der Waals surface area (Å²) in [6.07, 6.45) is 6.80. The van der Waals surface area contributed by atoms with E-state index in [0.717, 1.165) is 38.2 Å². The highest BCUT2D eigenvalue weighted by Gasteiger charge is 2.38. The molecule has 3 heterocycles. The predicted molar refractivity (Wildman–Crippen MR) is 115 cm³/mol. The average Bonchev–Trinajstić information content (AvgIpc) is 3.13. The molecule has 2 fully saturated rings. The number of benzene rings is 1. The Morgan fingerprint density at radius 3 is 2.68 bits per heavy atom. The van der Waals surface area contributed by atoms with E-state index >= 15 is 0 Å². The summed E-state index contributed by atoms with van der Waals surface area (Å²) in [7, 11) is 0. The van der Waals surface area contributed by atoms with Crippen LogP contribution in [0, 0.1) is 5.92 Å². The van der Waals surface area contributed by atoms with Gasteiger partial charge in [-0.2, -0.15) is 5.10 Å². The van der Waals surface area contributed by atoms with Gasteiger partial charge in [0.25, 0.3) is 0 Å². The Kier molecular flexibility index (Phi) is 8.31. The monoisotopic (exact) mass is 425 g/mol. The van der Waals surface area contributed by atoms with Crippen LogP contribution in [0.25, 0.3) is 5.69 Å². The summed E-state index contributed by atoms with van der Waals surface area (Å²) in [4.78, 5) is 16.7. The Labute approximate surface area is 178 Å². The van der Waals surface area contributed by atoms with Gasteiger partial charge in [-0.15, -0.1) is 24.8 Å². The summed E-state index contributed by atoms with van der Waals surface area (Å²) in [5.74, 6) is 0.853. The van der Waals surface area contributed by atoms with Crippen LogP contribution >= 0.6 is 24.8 Å². The van der Waals surface area contributed by atoms with E-state index in [9.17, 15) is 4.79 Å². The van der Waals surface area contributed by atoms with Crippen molar-refractivity contribution in [3.05, 3.63) is 48.3 Å². The van der Waals surface area contributed by atoms with Crippen molar-refractivity contribution in [3.8, 4) is 5.69 Å². The summed E-state index contributed by atoms with van der Waals surface area (Å²) < 4.78 is 1.93. The fourth-order valence-electron chi connectivity index (χ4n) is 4.42. The maximum Gasteiger partial charge on any atom is 0.222 e. The molecule has 8 heteroatoms. The van der Waals surface area contributed by atoms with Gasteiger partial charge in [-0.1, -0.05) is 18.2 Å². The van der Waals surface area contributed by atoms with Crippen LogP contribution < -0.4 is 5.73 Å². The normalized spacial score (nSPS) is 22.2. The molecule has 2 aromatic rings. The Morgan fingerprint density at radius 1 is 1.14 bits per heavy atom. The number of nitrogens with two attached hydrogens (primary N) is 1. The van der Waals surface area contributed by atoms with Gasteiger partial charge in [0.05, 0.1) is 11.9 Å². The van der Waals surface area contributed by atoms with Crippen molar-refractivity contribution in [2.75, 3.05) is 26.2 Å². The Morgan fingerprint density at radius 2 is 1.93 bits per heavy atom. The minimum absolute atomic E-state index is 0. The third-order valence-corrected chi connectivity index (χ3v) is 5.66. The molecule has 1 aromatic heterocycles. The molecular weight excluding hydrogens is 397 g/mol. The smallest absolute Gasteiger partial charge is 0.222 e. The summed E-state index contributed by atoms with van der Waals surface area (Å²) in [5.41, 5.74) is 8.03. The average molecular weight is 426 g/mol. The Balaban J connectivity index is 0.00000140. The van der Waals surface area contributed by atoms with Gasteiger partial charge in [-0.25, -0.2) is 4.68 Å². The van der Waals surface area contributed by atoms with Crippen LogP contribution in [0.5, 0.6) is 0 Å². The second kappa shape index (κ2) is 10.3. The van der Waals surface area contributed by atoms with Crippen molar-refractivity contribution >= 4 is 30.7 Å². The molecule has 4 rings (SSSR count). The number of amides is 1. The first-order chi connectivity index (χ1) is 12.7. The lowest BCUT2D eigenvalue weighted by Gasteiger charge is -2.47. The molecule has 0 saturated carbocycles. The number of para-hydroxylation sites is 1. The SMILES string of the molecule is Cl.Cl.NCCN1C(=O)CC[C@H]2CN(Cc3cnn(-c4ccccc4)c3)CC[C@H]21. The molecule has 0 unspecified atom stereocenters. The molecule has 154 valence electrons. The van der Waals surface area contributed by atoms with Crippen LogP contribution in [0.15, 0.2) is 42.7 Å². The molecule has 0 spiro atoms. The molecule has 2 saturated heterocycles. The van der Waals surface area contributed by atoms with Crippen molar-refractivity contribution in [2.24, 2.45) is 11.7 Å². The number of rotatable bonds is 5. The quantitative estimate of drug-likeness (QED) is 0.798. The largest absolute Gasteiger partial charge is 0.338 e. The van der Waals surface area contributed by atoms with E-state index in [0.29, 0.717) is 31.5 Å². The second-order valence-electron chi connectivity index (χ2n) is 7.39. The van der Waals surface area contributed by atoms with Crippen LogP contribution in [0.3, 0.4) is 0 Å². The zero-order valence-electron chi connectivity index (χ0n) is 15.9. The molecule has 0 radical (unpaired) electrons. The maximum absolute atomic E-state index is 12.2. The topological polar surface area (TPSA) is 67.4 Å². The number of fused-ring (bicyclic) bond motifs is 1. The lowest BCUT2D eigenvalue weighted by molar-refractivity contribution is -0.140. The van der Waals surface area contributed by atoms with Gasteiger partial charge in [0.15, 0.2) is 0 Å². The number of aromatic nitrogens is 2. The van der Waals surface area contributed by atoms with Crippen LogP contribution in [0.4, 0.5) is 0 Å². The first kappa shape index (κ1) is 22.7. The first-order valence-electron chi connectivity index (χ1n) is 9.55. The Bertz CT molecular complexity index is 754. The van der Waals surface area contributed by atoms with Gasteiger partial charge >= 0.3 is 0 Å². The standard InChI is InChI=1S/C20H27N5O.2ClH/c21-9-11-24-19-8-10-23(15-17(19)6-7-20(24)26)13-16-12-22-25(14-16)18-4-2-1-3-5-18;;/h1-5,12,14,17,19H,6-11,13,15,21H2;2*1H/t17-,19+;;/m0../s1. The highest BCUT2D eigenvalue weighted by Crippen LogP contribution is 2.31. The number of nitrogens with zero attached hydrogens (tertiary/aromatic N) is 4. The van der Waals surface area contributed by atoms with Gasteiger partial charge < -0.3 is 10.6 Å². The zero-order valence-corrected chi connectivity index (χ0v) is 17.6.